The molecule has 0 unspecified atom stereocenters. The lowest BCUT2D eigenvalue weighted by Gasteiger charge is -2.12. The van der Waals surface area contributed by atoms with Gasteiger partial charge >= 0.3 is 5.69 Å². The second-order valence-electron chi connectivity index (χ2n) is 7.81. The van der Waals surface area contributed by atoms with Crippen molar-refractivity contribution in [3.8, 4) is 16.9 Å². The van der Waals surface area contributed by atoms with E-state index in [1.165, 1.54) is 9.13 Å². The average molecular weight is 431 g/mol. The minimum atomic E-state index is -0.539. The summed E-state index contributed by atoms with van der Waals surface area (Å²) in [6.07, 6.45) is 7.58. The second kappa shape index (κ2) is 7.37. The molecular weight excluding hydrogens is 409 g/mol. The molecule has 0 bridgehead atoms. The first-order valence-electron chi connectivity index (χ1n) is 10.5. The predicted octanol–water partition coefficient (Wildman–Crippen LogP) is 3.33. The van der Waals surface area contributed by atoms with Crippen LogP contribution in [0.4, 0.5) is 4.39 Å². The lowest BCUT2D eigenvalue weighted by Crippen LogP contribution is -2.22. The fourth-order valence-corrected chi connectivity index (χ4v) is 4.27. The van der Waals surface area contributed by atoms with Crippen LogP contribution in [0.25, 0.3) is 38.9 Å². The highest BCUT2D eigenvalue weighted by molar-refractivity contribution is 6.05. The average Bonchev–Trinajstić information content (AvgIpc) is 3.34. The highest BCUT2D eigenvalue weighted by Gasteiger charge is 2.22. The Balaban J connectivity index is 1.96. The van der Waals surface area contributed by atoms with E-state index in [0.29, 0.717) is 23.0 Å². The molecule has 0 spiro atoms. The largest absolute Gasteiger partial charge is 0.333 e. The fraction of sp³-hybridized carbons (Fsp3) is 0.261. The van der Waals surface area contributed by atoms with E-state index in [4.69, 9.17) is 0 Å². The molecule has 0 N–H and O–H groups in total. The van der Waals surface area contributed by atoms with Crippen molar-refractivity contribution in [2.45, 2.75) is 26.7 Å². The molecule has 0 amide bonds. The molecule has 162 valence electrons. The lowest BCUT2D eigenvalue weighted by atomic mass is 9.99. The van der Waals surface area contributed by atoms with Crippen molar-refractivity contribution in [1.82, 2.24) is 34.1 Å². The lowest BCUT2D eigenvalue weighted by molar-refractivity contribution is 0.606. The molecule has 32 heavy (non-hydrogen) atoms. The van der Waals surface area contributed by atoms with Gasteiger partial charge in [-0.3, -0.25) is 23.8 Å². The van der Waals surface area contributed by atoms with Crippen molar-refractivity contribution in [3.63, 3.8) is 0 Å². The van der Waals surface area contributed by atoms with Crippen molar-refractivity contribution in [2.75, 3.05) is 0 Å². The zero-order valence-corrected chi connectivity index (χ0v) is 18.3. The summed E-state index contributed by atoms with van der Waals surface area (Å²) in [5.41, 5.74) is 5.22. The van der Waals surface area contributed by atoms with Crippen LogP contribution in [-0.2, 0) is 26.9 Å². The van der Waals surface area contributed by atoms with Crippen molar-refractivity contribution in [1.29, 1.82) is 0 Å². The molecule has 0 saturated heterocycles. The Hall–Kier alpha value is -3.88. The first-order chi connectivity index (χ1) is 15.4. The number of halogens is 1. The molecule has 1 aromatic carbocycles. The van der Waals surface area contributed by atoms with E-state index in [1.54, 1.807) is 24.1 Å². The maximum Gasteiger partial charge on any atom is 0.333 e. The third kappa shape index (κ3) is 2.84. The first-order valence-corrected chi connectivity index (χ1v) is 10.5. The molecule has 0 aliphatic heterocycles. The molecule has 0 saturated carbocycles. The fourth-order valence-electron chi connectivity index (χ4n) is 4.27. The van der Waals surface area contributed by atoms with Crippen LogP contribution in [0, 0.1) is 5.82 Å². The number of hydrogen-bond donors (Lipinski definition) is 0. The number of hydrogen-bond acceptors (Lipinski definition) is 5. The van der Waals surface area contributed by atoms with Gasteiger partial charge in [0, 0.05) is 31.2 Å². The third-order valence-electron chi connectivity index (χ3n) is 5.92. The van der Waals surface area contributed by atoms with E-state index >= 15 is 4.39 Å². The van der Waals surface area contributed by atoms with Crippen LogP contribution in [0.15, 0.2) is 41.7 Å². The number of pyridine rings is 2. The zero-order chi connectivity index (χ0) is 22.6. The Bertz CT molecular complexity index is 1560. The van der Waals surface area contributed by atoms with Gasteiger partial charge in [0.1, 0.15) is 5.69 Å². The summed E-state index contributed by atoms with van der Waals surface area (Å²) in [4.78, 5) is 21.9. The van der Waals surface area contributed by atoms with E-state index in [-0.39, 0.29) is 11.4 Å². The SMILES string of the molecule is CCc1cc2ncc3c(c2cc1-c1cn(C)nn1)n(-c1c(F)cncc1CC)c(=O)n3C. The Morgan fingerprint density at radius 2 is 1.81 bits per heavy atom. The van der Waals surface area contributed by atoms with Crippen LogP contribution in [0.1, 0.15) is 25.0 Å². The van der Waals surface area contributed by atoms with Crippen LogP contribution in [-0.4, -0.2) is 34.1 Å². The van der Waals surface area contributed by atoms with Gasteiger partial charge in [0.05, 0.1) is 40.8 Å². The summed E-state index contributed by atoms with van der Waals surface area (Å²) in [6, 6.07) is 3.98. The Labute approximate surface area is 183 Å². The molecule has 0 aliphatic rings. The smallest absolute Gasteiger partial charge is 0.293 e. The van der Waals surface area contributed by atoms with Gasteiger partial charge < -0.3 is 0 Å². The van der Waals surface area contributed by atoms with E-state index in [2.05, 4.69) is 27.2 Å². The number of nitrogens with zero attached hydrogens (tertiary/aromatic N) is 7. The number of fused-ring (bicyclic) bond motifs is 3. The standard InChI is InChI=1S/C23H22FN7O/c1-5-13-7-18-16(8-15(13)19-12-29(3)28-27-19)22-20(11-26-18)30(4)23(32)31(22)21-14(6-2)9-25-10-17(21)24/h7-12H,5-6H2,1-4H3. The van der Waals surface area contributed by atoms with Gasteiger partial charge in [-0.2, -0.15) is 0 Å². The number of benzene rings is 1. The molecule has 9 heteroatoms. The molecule has 0 radical (unpaired) electrons. The maximum atomic E-state index is 15.0. The topological polar surface area (TPSA) is 83.4 Å². The van der Waals surface area contributed by atoms with Gasteiger partial charge in [-0.05, 0) is 36.1 Å². The number of aromatic nitrogens is 7. The van der Waals surface area contributed by atoms with Crippen LogP contribution >= 0.6 is 0 Å². The summed E-state index contributed by atoms with van der Waals surface area (Å²) < 4.78 is 19.6. The van der Waals surface area contributed by atoms with Gasteiger partial charge in [-0.1, -0.05) is 19.1 Å². The number of aryl methyl sites for hydroxylation is 4. The van der Waals surface area contributed by atoms with Gasteiger partial charge in [0.15, 0.2) is 5.82 Å². The molecular formula is C23H22FN7O. The highest BCUT2D eigenvalue weighted by atomic mass is 19.1. The summed E-state index contributed by atoms with van der Waals surface area (Å²) in [5.74, 6) is -0.539. The van der Waals surface area contributed by atoms with Crippen LogP contribution < -0.4 is 5.69 Å². The molecule has 5 rings (SSSR count). The maximum absolute atomic E-state index is 15.0. The van der Waals surface area contributed by atoms with E-state index in [1.807, 2.05) is 32.3 Å². The van der Waals surface area contributed by atoms with Gasteiger partial charge in [0.25, 0.3) is 0 Å². The second-order valence-corrected chi connectivity index (χ2v) is 7.81. The van der Waals surface area contributed by atoms with E-state index < -0.39 is 5.82 Å². The van der Waals surface area contributed by atoms with Crippen molar-refractivity contribution in [2.24, 2.45) is 14.1 Å². The summed E-state index contributed by atoms with van der Waals surface area (Å²) in [7, 11) is 3.49. The number of imidazole rings is 1. The zero-order valence-electron chi connectivity index (χ0n) is 18.3. The van der Waals surface area contributed by atoms with Crippen LogP contribution in [0.2, 0.25) is 0 Å². The van der Waals surface area contributed by atoms with Gasteiger partial charge in [0.2, 0.25) is 0 Å². The van der Waals surface area contributed by atoms with Gasteiger partial charge in [-0.15, -0.1) is 5.10 Å². The molecule has 4 aromatic heterocycles. The van der Waals surface area contributed by atoms with Crippen LogP contribution in [0.5, 0.6) is 0 Å². The van der Waals surface area contributed by atoms with Gasteiger partial charge in [-0.25, -0.2) is 9.18 Å². The molecule has 5 aromatic rings. The van der Waals surface area contributed by atoms with Crippen molar-refractivity contribution in [3.05, 3.63) is 64.3 Å². The molecule has 0 fully saturated rings. The summed E-state index contributed by atoms with van der Waals surface area (Å²) in [5, 5.41) is 9.09. The summed E-state index contributed by atoms with van der Waals surface area (Å²) in [6.45, 7) is 3.98. The predicted molar refractivity (Wildman–Crippen MR) is 120 cm³/mol. The highest BCUT2D eigenvalue weighted by Crippen LogP contribution is 2.33. The molecule has 8 nitrogen and oxygen atoms in total. The third-order valence-corrected chi connectivity index (χ3v) is 5.92. The normalized spacial score (nSPS) is 11.7. The van der Waals surface area contributed by atoms with Crippen LogP contribution in [0.3, 0.4) is 0 Å². The first kappa shape index (κ1) is 20.0. The minimum Gasteiger partial charge on any atom is -0.293 e. The number of rotatable bonds is 4. The molecule has 0 atom stereocenters. The van der Waals surface area contributed by atoms with Crippen molar-refractivity contribution < 1.29 is 4.39 Å². The van der Waals surface area contributed by atoms with E-state index in [0.717, 1.165) is 40.3 Å². The quantitative estimate of drug-likeness (QED) is 0.436. The molecule has 0 aliphatic carbocycles. The summed E-state index contributed by atoms with van der Waals surface area (Å²) >= 11 is 0. The Morgan fingerprint density at radius 3 is 2.50 bits per heavy atom. The Morgan fingerprint density at radius 1 is 1.03 bits per heavy atom. The van der Waals surface area contributed by atoms with Crippen molar-refractivity contribution >= 4 is 21.9 Å². The monoisotopic (exact) mass is 431 g/mol. The van der Waals surface area contributed by atoms with E-state index in [9.17, 15) is 4.79 Å². The Kier molecular flexibility index (Phi) is 4.61. The minimum absolute atomic E-state index is 0.228. The molecule has 4 heterocycles.